The number of nitrogens with two attached hydrogens (primary N) is 1. The first kappa shape index (κ1) is 21.5. The molecule has 0 unspecified atom stereocenters. The number of aryl methyl sites for hydroxylation is 1. The number of esters is 1. The van der Waals surface area contributed by atoms with Gasteiger partial charge in [-0.15, -0.1) is 11.3 Å². The highest BCUT2D eigenvalue weighted by Crippen LogP contribution is 2.31. The van der Waals surface area contributed by atoms with Crippen molar-refractivity contribution in [2.24, 2.45) is 5.73 Å². The molecule has 0 aliphatic carbocycles. The van der Waals surface area contributed by atoms with E-state index in [1.807, 2.05) is 37.3 Å². The van der Waals surface area contributed by atoms with Crippen LogP contribution in [0.4, 0.5) is 10.7 Å². The molecule has 3 rings (SSSR count). The Hall–Kier alpha value is -3.24. The number of hydrogen-bond acceptors (Lipinski definition) is 6. The quantitative estimate of drug-likeness (QED) is 0.380. The number of primary amides is 1. The van der Waals surface area contributed by atoms with Crippen LogP contribution in [-0.4, -0.2) is 33.9 Å². The summed E-state index contributed by atoms with van der Waals surface area (Å²) in [5.74, 6) is -1.08. The standard InChI is InChI=1S/C20H21N5O3S2/c1-3-25-16(17(21)26)15(11-22-25)23-20(29)24-18-14(19(27)28-2)10-13(30-18)9-12-7-5-4-6-8-12/h4-8,10-11H,3,9H2,1-2H3,(H2,21,26)(H2,23,24,29). The Bertz CT molecular complexity index is 1080. The summed E-state index contributed by atoms with van der Waals surface area (Å²) in [6.45, 7) is 2.34. The molecule has 3 aromatic rings. The summed E-state index contributed by atoms with van der Waals surface area (Å²) in [6, 6.07) is 11.7. The largest absolute Gasteiger partial charge is 0.465 e. The van der Waals surface area contributed by atoms with Crippen molar-refractivity contribution in [1.29, 1.82) is 0 Å². The van der Waals surface area contributed by atoms with Gasteiger partial charge in [0.2, 0.25) is 0 Å². The molecule has 2 heterocycles. The molecular weight excluding hydrogens is 422 g/mol. The molecule has 0 aliphatic heterocycles. The van der Waals surface area contributed by atoms with E-state index in [2.05, 4.69) is 15.7 Å². The van der Waals surface area contributed by atoms with E-state index in [9.17, 15) is 9.59 Å². The zero-order valence-electron chi connectivity index (χ0n) is 16.5. The lowest BCUT2D eigenvalue weighted by atomic mass is 10.1. The van der Waals surface area contributed by atoms with Gasteiger partial charge < -0.3 is 21.1 Å². The van der Waals surface area contributed by atoms with Gasteiger partial charge in [0.1, 0.15) is 10.7 Å². The Morgan fingerprint density at radius 2 is 2.00 bits per heavy atom. The summed E-state index contributed by atoms with van der Waals surface area (Å²) in [4.78, 5) is 25.0. The van der Waals surface area contributed by atoms with Gasteiger partial charge in [-0.2, -0.15) is 5.10 Å². The third-order valence-electron chi connectivity index (χ3n) is 4.26. The van der Waals surface area contributed by atoms with E-state index in [-0.39, 0.29) is 10.8 Å². The van der Waals surface area contributed by atoms with Gasteiger partial charge in [-0.1, -0.05) is 30.3 Å². The minimum Gasteiger partial charge on any atom is -0.465 e. The van der Waals surface area contributed by atoms with E-state index in [1.54, 1.807) is 6.07 Å². The maximum Gasteiger partial charge on any atom is 0.340 e. The lowest BCUT2D eigenvalue weighted by Crippen LogP contribution is -2.23. The Balaban J connectivity index is 1.81. The van der Waals surface area contributed by atoms with Crippen LogP contribution in [0.3, 0.4) is 0 Å². The van der Waals surface area contributed by atoms with Gasteiger partial charge in [-0.25, -0.2) is 4.79 Å². The highest BCUT2D eigenvalue weighted by atomic mass is 32.1. The molecule has 1 aromatic carbocycles. The number of anilines is 2. The van der Waals surface area contributed by atoms with Crippen LogP contribution in [0.25, 0.3) is 0 Å². The van der Waals surface area contributed by atoms with Crippen LogP contribution in [0.1, 0.15) is 38.2 Å². The Morgan fingerprint density at radius 3 is 2.63 bits per heavy atom. The number of amides is 1. The highest BCUT2D eigenvalue weighted by molar-refractivity contribution is 7.80. The number of aromatic nitrogens is 2. The summed E-state index contributed by atoms with van der Waals surface area (Å²) in [5, 5.41) is 10.8. The van der Waals surface area contributed by atoms with Gasteiger partial charge in [-0.05, 0) is 30.8 Å². The second-order valence-electron chi connectivity index (χ2n) is 6.28. The van der Waals surface area contributed by atoms with Gasteiger partial charge in [-0.3, -0.25) is 9.48 Å². The minimum atomic E-state index is -0.615. The summed E-state index contributed by atoms with van der Waals surface area (Å²) < 4.78 is 6.38. The van der Waals surface area contributed by atoms with Gasteiger partial charge in [0.25, 0.3) is 5.91 Å². The van der Waals surface area contributed by atoms with Gasteiger partial charge >= 0.3 is 5.97 Å². The first-order chi connectivity index (χ1) is 14.4. The molecule has 0 radical (unpaired) electrons. The fraction of sp³-hybridized carbons (Fsp3) is 0.200. The molecule has 0 saturated carbocycles. The van der Waals surface area contributed by atoms with Crippen molar-refractivity contribution in [3.05, 3.63) is 64.3 Å². The predicted octanol–water partition coefficient (Wildman–Crippen LogP) is 3.25. The topological polar surface area (TPSA) is 111 Å². The Kier molecular flexibility index (Phi) is 6.80. The number of nitrogens with one attached hydrogen (secondary N) is 2. The van der Waals surface area contributed by atoms with Crippen molar-refractivity contribution < 1.29 is 14.3 Å². The number of benzene rings is 1. The van der Waals surface area contributed by atoms with E-state index < -0.39 is 11.9 Å². The number of rotatable bonds is 7. The molecular formula is C20H21N5O3S2. The van der Waals surface area contributed by atoms with Crippen molar-refractivity contribution in [2.75, 3.05) is 17.7 Å². The second kappa shape index (κ2) is 9.51. The van der Waals surface area contributed by atoms with Crippen LogP contribution < -0.4 is 16.4 Å². The monoisotopic (exact) mass is 443 g/mol. The average Bonchev–Trinajstić information content (AvgIpc) is 3.31. The van der Waals surface area contributed by atoms with Crippen molar-refractivity contribution in [3.8, 4) is 0 Å². The number of methoxy groups -OCH3 is 1. The number of nitrogens with zero attached hydrogens (tertiary/aromatic N) is 2. The molecule has 156 valence electrons. The predicted molar refractivity (Wildman–Crippen MR) is 121 cm³/mol. The zero-order chi connectivity index (χ0) is 21.7. The minimum absolute atomic E-state index is 0.200. The third kappa shape index (κ3) is 4.84. The van der Waals surface area contributed by atoms with Crippen LogP contribution in [0.15, 0.2) is 42.6 Å². The first-order valence-electron chi connectivity index (χ1n) is 9.11. The van der Waals surface area contributed by atoms with Crippen LogP contribution in [-0.2, 0) is 17.7 Å². The summed E-state index contributed by atoms with van der Waals surface area (Å²) in [6.07, 6.45) is 2.15. The highest BCUT2D eigenvalue weighted by Gasteiger charge is 2.20. The molecule has 1 amide bonds. The van der Waals surface area contributed by atoms with Crippen LogP contribution in [0, 0.1) is 0 Å². The number of carbonyl (C=O) groups excluding carboxylic acids is 2. The van der Waals surface area contributed by atoms with E-state index in [0.29, 0.717) is 29.2 Å². The smallest absolute Gasteiger partial charge is 0.340 e. The molecule has 8 nitrogen and oxygen atoms in total. The fourth-order valence-corrected chi connectivity index (χ4v) is 4.27. The van der Waals surface area contributed by atoms with Crippen molar-refractivity contribution in [1.82, 2.24) is 9.78 Å². The number of carbonyl (C=O) groups is 2. The van der Waals surface area contributed by atoms with Gasteiger partial charge in [0, 0.05) is 17.8 Å². The van der Waals surface area contributed by atoms with Crippen molar-refractivity contribution >= 4 is 51.2 Å². The molecule has 2 aromatic heterocycles. The molecule has 10 heteroatoms. The van der Waals surface area contributed by atoms with Crippen molar-refractivity contribution in [2.45, 2.75) is 19.9 Å². The van der Waals surface area contributed by atoms with E-state index in [1.165, 1.54) is 29.3 Å². The van der Waals surface area contributed by atoms with Crippen LogP contribution in [0.2, 0.25) is 0 Å². The van der Waals surface area contributed by atoms with E-state index in [4.69, 9.17) is 22.7 Å². The number of ether oxygens (including phenoxy) is 1. The lowest BCUT2D eigenvalue weighted by molar-refractivity contribution is 0.0602. The number of thiocarbonyl (C=S) groups is 1. The number of hydrogen-bond donors (Lipinski definition) is 3. The van der Waals surface area contributed by atoms with Gasteiger partial charge in [0.05, 0.1) is 24.6 Å². The first-order valence-corrected chi connectivity index (χ1v) is 10.3. The molecule has 0 atom stereocenters. The summed E-state index contributed by atoms with van der Waals surface area (Å²) >= 11 is 6.78. The molecule has 0 spiro atoms. The fourth-order valence-electron chi connectivity index (χ4n) is 2.91. The normalized spacial score (nSPS) is 10.5. The third-order valence-corrected chi connectivity index (χ3v) is 5.51. The molecule has 0 aliphatic rings. The lowest BCUT2D eigenvalue weighted by Gasteiger charge is -2.10. The van der Waals surface area contributed by atoms with Crippen LogP contribution in [0.5, 0.6) is 0 Å². The molecule has 4 N–H and O–H groups in total. The van der Waals surface area contributed by atoms with Crippen molar-refractivity contribution in [3.63, 3.8) is 0 Å². The zero-order valence-corrected chi connectivity index (χ0v) is 18.1. The number of thiophene rings is 1. The maximum atomic E-state index is 12.2. The molecule has 0 saturated heterocycles. The summed E-state index contributed by atoms with van der Waals surface area (Å²) in [5.41, 5.74) is 7.59. The maximum absolute atomic E-state index is 12.2. The molecule has 30 heavy (non-hydrogen) atoms. The average molecular weight is 444 g/mol. The summed E-state index contributed by atoms with van der Waals surface area (Å²) in [7, 11) is 1.33. The SMILES string of the molecule is CCn1ncc(NC(=S)Nc2sc(Cc3ccccc3)cc2C(=O)OC)c1C(N)=O. The van der Waals surface area contributed by atoms with Crippen LogP contribution >= 0.6 is 23.6 Å². The molecule has 0 bridgehead atoms. The second-order valence-corrected chi connectivity index (χ2v) is 7.82. The van der Waals surface area contributed by atoms with Gasteiger partial charge in [0.15, 0.2) is 5.11 Å². The van der Waals surface area contributed by atoms with E-state index >= 15 is 0 Å². The molecule has 0 fully saturated rings. The Morgan fingerprint density at radius 1 is 1.27 bits per heavy atom. The van der Waals surface area contributed by atoms with E-state index in [0.717, 1.165) is 10.4 Å². The Labute approximate surface area is 183 Å².